The van der Waals surface area contributed by atoms with E-state index in [1.165, 1.54) is 7.11 Å². The second-order valence-electron chi connectivity index (χ2n) is 6.44. The molecule has 1 aliphatic rings. The third-order valence-corrected chi connectivity index (χ3v) is 5.56. The molecular weight excluding hydrogens is 402 g/mol. The predicted octanol–water partition coefficient (Wildman–Crippen LogP) is 2.80. The zero-order valence-corrected chi connectivity index (χ0v) is 16.9. The lowest BCUT2D eigenvalue weighted by Crippen LogP contribution is -2.44. The number of esters is 1. The Morgan fingerprint density at radius 3 is 2.37 bits per heavy atom. The van der Waals surface area contributed by atoms with Crippen LogP contribution >= 0.6 is 11.8 Å². The van der Waals surface area contributed by atoms with Crippen LogP contribution < -0.4 is 10.6 Å². The largest absolute Gasteiger partial charge is 0.468 e. The molecule has 3 rings (SSSR count). The van der Waals surface area contributed by atoms with Crippen LogP contribution in [0.4, 0.5) is 5.69 Å². The van der Waals surface area contributed by atoms with Gasteiger partial charge >= 0.3 is 5.97 Å². The summed E-state index contributed by atoms with van der Waals surface area (Å²) >= 11 is 1.04. The molecule has 152 valence electrons. The van der Waals surface area contributed by atoms with Crippen molar-refractivity contribution in [2.75, 3.05) is 18.2 Å². The number of hydrogen-bond acceptors (Lipinski definition) is 6. The van der Waals surface area contributed by atoms with Gasteiger partial charge in [-0.05, 0) is 17.7 Å². The maximum Gasteiger partial charge on any atom is 0.319 e. The highest BCUT2D eigenvalue weighted by atomic mass is 32.2. The van der Waals surface area contributed by atoms with Crippen LogP contribution in [0.25, 0.3) is 0 Å². The van der Waals surface area contributed by atoms with Crippen molar-refractivity contribution in [3.8, 4) is 6.07 Å². The van der Waals surface area contributed by atoms with Crippen molar-refractivity contribution in [1.29, 1.82) is 5.26 Å². The molecular formula is C22H19N3O4S. The first kappa shape index (κ1) is 21.1. The minimum atomic E-state index is -1.19. The Labute approximate surface area is 178 Å². The summed E-state index contributed by atoms with van der Waals surface area (Å²) in [5, 5.41) is 15.4. The summed E-state index contributed by atoms with van der Waals surface area (Å²) in [7, 11) is 1.20. The second-order valence-corrected chi connectivity index (χ2v) is 7.42. The molecule has 2 amide bonds. The maximum absolute atomic E-state index is 12.7. The van der Waals surface area contributed by atoms with E-state index in [0.29, 0.717) is 11.3 Å². The van der Waals surface area contributed by atoms with Gasteiger partial charge in [0.05, 0.1) is 29.5 Å². The lowest BCUT2D eigenvalue weighted by atomic mass is 9.78. The molecule has 2 atom stereocenters. The fourth-order valence-corrected chi connectivity index (χ4v) is 4.04. The molecule has 2 aromatic rings. The minimum absolute atomic E-state index is 0.0138. The molecule has 0 aromatic heterocycles. The first-order valence-electron chi connectivity index (χ1n) is 9.10. The lowest BCUT2D eigenvalue weighted by Gasteiger charge is -2.30. The summed E-state index contributed by atoms with van der Waals surface area (Å²) in [6.07, 6.45) is 0. The number of thioether (sulfide) groups is 1. The van der Waals surface area contributed by atoms with Gasteiger partial charge in [-0.2, -0.15) is 5.26 Å². The molecule has 2 aromatic carbocycles. The van der Waals surface area contributed by atoms with Gasteiger partial charge in [0, 0.05) is 11.6 Å². The van der Waals surface area contributed by atoms with Crippen molar-refractivity contribution in [2.45, 2.75) is 5.92 Å². The first-order valence-corrected chi connectivity index (χ1v) is 10.1. The molecule has 8 heteroatoms. The van der Waals surface area contributed by atoms with Crippen LogP contribution in [-0.4, -0.2) is 30.6 Å². The maximum atomic E-state index is 12.7. The number of nitrogens with zero attached hydrogens (tertiary/aromatic N) is 1. The van der Waals surface area contributed by atoms with Gasteiger partial charge in [-0.25, -0.2) is 0 Å². The second kappa shape index (κ2) is 9.76. The van der Waals surface area contributed by atoms with Crippen molar-refractivity contribution in [2.24, 2.45) is 5.92 Å². The standard InChI is InChI=1S/C22H19N3O4S/c1-29-22(28)19-18(14-8-4-2-5-9-14)16(12-23)21(25-20(19)27)30-13-17(26)24-15-10-6-3-7-11-15/h2-11,18-19H,13H2,1H3,(H,24,26)(H,25,27)/t18-,19-/m1/s1. The number of carbonyl (C=O) groups is 3. The van der Waals surface area contributed by atoms with Crippen LogP contribution in [0, 0.1) is 17.2 Å². The number of anilines is 1. The molecule has 0 bridgehead atoms. The zero-order valence-electron chi connectivity index (χ0n) is 16.1. The Balaban J connectivity index is 1.87. The Bertz CT molecular complexity index is 1020. The fourth-order valence-electron chi connectivity index (χ4n) is 3.20. The van der Waals surface area contributed by atoms with E-state index in [9.17, 15) is 19.6 Å². The highest BCUT2D eigenvalue weighted by Gasteiger charge is 2.44. The number of para-hydroxylation sites is 1. The van der Waals surface area contributed by atoms with Gasteiger partial charge < -0.3 is 15.4 Å². The summed E-state index contributed by atoms with van der Waals surface area (Å²) < 4.78 is 4.80. The monoisotopic (exact) mass is 421 g/mol. The number of allylic oxidation sites excluding steroid dienone is 1. The lowest BCUT2D eigenvalue weighted by molar-refractivity contribution is -0.150. The normalized spacial score (nSPS) is 18.2. The van der Waals surface area contributed by atoms with Crippen LogP contribution in [0.5, 0.6) is 0 Å². The van der Waals surface area contributed by atoms with E-state index in [-0.39, 0.29) is 22.3 Å². The summed E-state index contributed by atoms with van der Waals surface area (Å²) in [6.45, 7) is 0. The fraction of sp³-hybridized carbons (Fsp3) is 0.182. The van der Waals surface area contributed by atoms with Gasteiger partial charge in [-0.3, -0.25) is 14.4 Å². The Morgan fingerprint density at radius 2 is 1.77 bits per heavy atom. The molecule has 1 aliphatic heterocycles. The average Bonchev–Trinajstić information content (AvgIpc) is 2.78. The quantitative estimate of drug-likeness (QED) is 0.548. The van der Waals surface area contributed by atoms with Crippen LogP contribution in [0.1, 0.15) is 11.5 Å². The summed E-state index contributed by atoms with van der Waals surface area (Å²) in [5.41, 5.74) is 1.51. The van der Waals surface area contributed by atoms with Crippen molar-refractivity contribution in [3.63, 3.8) is 0 Å². The van der Waals surface area contributed by atoms with E-state index < -0.39 is 23.7 Å². The van der Waals surface area contributed by atoms with Gasteiger partial charge in [0.15, 0.2) is 0 Å². The molecule has 0 aliphatic carbocycles. The Hall–Kier alpha value is -3.57. The van der Waals surface area contributed by atoms with Gasteiger partial charge in [-0.1, -0.05) is 60.3 Å². The van der Waals surface area contributed by atoms with Crippen LogP contribution in [-0.2, 0) is 19.1 Å². The molecule has 1 heterocycles. The summed E-state index contributed by atoms with van der Waals surface area (Å²) in [5.74, 6) is -3.57. The van der Waals surface area contributed by atoms with E-state index in [4.69, 9.17) is 4.74 Å². The minimum Gasteiger partial charge on any atom is -0.468 e. The number of rotatable bonds is 6. The van der Waals surface area contributed by atoms with Crippen molar-refractivity contribution >= 4 is 35.2 Å². The van der Waals surface area contributed by atoms with E-state index in [1.807, 2.05) is 6.07 Å². The SMILES string of the molecule is COC(=O)[C@H]1C(=O)NC(SCC(=O)Nc2ccccc2)=C(C#N)[C@H]1c1ccccc1. The third kappa shape index (κ3) is 4.70. The number of benzene rings is 2. The van der Waals surface area contributed by atoms with E-state index in [1.54, 1.807) is 54.6 Å². The summed E-state index contributed by atoms with van der Waals surface area (Å²) in [6, 6.07) is 19.9. The first-order chi connectivity index (χ1) is 14.5. The number of methoxy groups -OCH3 is 1. The zero-order chi connectivity index (χ0) is 21.5. The van der Waals surface area contributed by atoms with Gasteiger partial charge in [0.25, 0.3) is 0 Å². The molecule has 30 heavy (non-hydrogen) atoms. The molecule has 0 fully saturated rings. The molecule has 0 saturated carbocycles. The van der Waals surface area contributed by atoms with Crippen molar-refractivity contribution in [3.05, 3.63) is 76.8 Å². The van der Waals surface area contributed by atoms with Gasteiger partial charge in [0.2, 0.25) is 11.8 Å². The van der Waals surface area contributed by atoms with E-state index >= 15 is 0 Å². The number of nitriles is 1. The Morgan fingerprint density at radius 1 is 1.13 bits per heavy atom. The predicted molar refractivity (Wildman–Crippen MR) is 113 cm³/mol. The van der Waals surface area contributed by atoms with Crippen LogP contribution in [0.3, 0.4) is 0 Å². The number of hydrogen-bond donors (Lipinski definition) is 2. The number of carbonyl (C=O) groups excluding carboxylic acids is 3. The van der Waals surface area contributed by atoms with Gasteiger partial charge in [-0.15, -0.1) is 0 Å². The average molecular weight is 421 g/mol. The number of nitrogens with one attached hydrogen (secondary N) is 2. The molecule has 0 saturated heterocycles. The van der Waals surface area contributed by atoms with Crippen molar-refractivity contribution in [1.82, 2.24) is 5.32 Å². The molecule has 7 nitrogen and oxygen atoms in total. The molecule has 0 unspecified atom stereocenters. The van der Waals surface area contributed by atoms with Crippen LogP contribution in [0.15, 0.2) is 71.3 Å². The molecule has 0 radical (unpaired) electrons. The smallest absolute Gasteiger partial charge is 0.319 e. The highest BCUT2D eigenvalue weighted by Crippen LogP contribution is 2.40. The van der Waals surface area contributed by atoms with Crippen molar-refractivity contribution < 1.29 is 19.1 Å². The van der Waals surface area contributed by atoms with Gasteiger partial charge in [0.1, 0.15) is 5.92 Å². The Kier molecular flexibility index (Phi) is 6.88. The van der Waals surface area contributed by atoms with E-state index in [0.717, 1.165) is 11.8 Å². The number of amides is 2. The molecule has 0 spiro atoms. The third-order valence-electron chi connectivity index (χ3n) is 4.55. The number of ether oxygens (including phenoxy) is 1. The highest BCUT2D eigenvalue weighted by molar-refractivity contribution is 8.03. The van der Waals surface area contributed by atoms with Crippen LogP contribution in [0.2, 0.25) is 0 Å². The topological polar surface area (TPSA) is 108 Å². The van der Waals surface area contributed by atoms with E-state index in [2.05, 4.69) is 16.7 Å². The summed E-state index contributed by atoms with van der Waals surface area (Å²) in [4.78, 5) is 37.3. The molecule has 2 N–H and O–H groups in total.